The third kappa shape index (κ3) is 4.27. The van der Waals surface area contributed by atoms with Crippen LogP contribution in [0.25, 0.3) is 5.69 Å². The van der Waals surface area contributed by atoms with E-state index >= 15 is 0 Å². The summed E-state index contributed by atoms with van der Waals surface area (Å²) >= 11 is 0. The molecule has 0 spiro atoms. The van der Waals surface area contributed by atoms with Crippen molar-refractivity contribution >= 4 is 17.8 Å². The van der Waals surface area contributed by atoms with Crippen LogP contribution in [0.2, 0.25) is 0 Å². The smallest absolute Gasteiger partial charge is 0.340 e. The molecule has 0 saturated carbocycles. The average Bonchev–Trinajstić information content (AvgIpc) is 3.26. The summed E-state index contributed by atoms with van der Waals surface area (Å²) in [6.45, 7) is 0.487. The minimum atomic E-state index is -0.640. The number of para-hydroxylation sites is 1. The second-order valence-corrected chi connectivity index (χ2v) is 6.03. The first-order chi connectivity index (χ1) is 13.1. The van der Waals surface area contributed by atoms with Gasteiger partial charge in [0, 0.05) is 13.1 Å². The molecule has 1 aromatic heterocycles. The minimum Gasteiger partial charge on any atom is -0.469 e. The number of carbonyl (C=O) groups is 3. The van der Waals surface area contributed by atoms with Gasteiger partial charge >= 0.3 is 11.9 Å². The minimum absolute atomic E-state index is 0.190. The predicted octanol–water partition coefficient (Wildman–Crippen LogP) is 0.231. The number of likely N-dealkylation sites (tertiary alicyclic amines) is 1. The largest absolute Gasteiger partial charge is 0.469 e. The number of carbonyl (C=O) groups excluding carboxylic acids is 3. The number of benzene rings is 1. The zero-order valence-corrected chi connectivity index (χ0v) is 14.8. The lowest BCUT2D eigenvalue weighted by Gasteiger charge is -2.30. The van der Waals surface area contributed by atoms with Crippen LogP contribution in [-0.2, 0) is 19.1 Å². The Hall–Kier alpha value is -3.30. The zero-order chi connectivity index (χ0) is 19.2. The van der Waals surface area contributed by atoms with Crippen molar-refractivity contribution in [2.45, 2.75) is 12.8 Å². The van der Waals surface area contributed by atoms with Gasteiger partial charge < -0.3 is 14.4 Å². The normalized spacial score (nSPS) is 14.6. The molecule has 0 bridgehead atoms. The molecule has 1 aliphatic rings. The lowest BCUT2D eigenvalue weighted by Crippen LogP contribution is -2.42. The van der Waals surface area contributed by atoms with Crippen molar-refractivity contribution in [3.05, 3.63) is 36.2 Å². The molecule has 2 aromatic rings. The van der Waals surface area contributed by atoms with E-state index < -0.39 is 5.97 Å². The zero-order valence-electron chi connectivity index (χ0n) is 14.8. The average molecular weight is 373 g/mol. The van der Waals surface area contributed by atoms with E-state index in [0.717, 1.165) is 0 Å². The number of hydrogen-bond donors (Lipinski definition) is 0. The molecule has 3 rings (SSSR count). The van der Waals surface area contributed by atoms with E-state index in [1.165, 1.54) is 18.1 Å². The number of amides is 1. The summed E-state index contributed by atoms with van der Waals surface area (Å²) in [6.07, 6.45) is 2.44. The van der Waals surface area contributed by atoms with E-state index in [9.17, 15) is 14.4 Å². The highest BCUT2D eigenvalue weighted by Gasteiger charge is 2.28. The van der Waals surface area contributed by atoms with Crippen molar-refractivity contribution in [1.29, 1.82) is 0 Å². The lowest BCUT2D eigenvalue weighted by atomic mass is 9.97. The highest BCUT2D eigenvalue weighted by Crippen LogP contribution is 2.19. The van der Waals surface area contributed by atoms with Crippen LogP contribution in [0.15, 0.2) is 30.6 Å². The van der Waals surface area contributed by atoms with Crippen LogP contribution in [-0.4, -0.2) is 69.8 Å². The van der Waals surface area contributed by atoms with E-state index in [4.69, 9.17) is 9.47 Å². The second-order valence-electron chi connectivity index (χ2n) is 6.03. The van der Waals surface area contributed by atoms with Gasteiger partial charge in [-0.3, -0.25) is 9.59 Å². The Morgan fingerprint density at radius 2 is 1.93 bits per heavy atom. The maximum atomic E-state index is 12.4. The summed E-state index contributed by atoms with van der Waals surface area (Å²) in [5.74, 6) is -1.39. The molecule has 1 fully saturated rings. The van der Waals surface area contributed by atoms with Gasteiger partial charge in [0.1, 0.15) is 6.33 Å². The molecular formula is C17H19N5O5. The first-order valence-electron chi connectivity index (χ1n) is 8.45. The molecule has 0 atom stereocenters. The second kappa shape index (κ2) is 8.39. The van der Waals surface area contributed by atoms with Crippen molar-refractivity contribution in [3.63, 3.8) is 0 Å². The fourth-order valence-electron chi connectivity index (χ4n) is 2.95. The Kier molecular flexibility index (Phi) is 5.74. The molecule has 0 radical (unpaired) electrons. The molecule has 1 aromatic carbocycles. The number of rotatable bonds is 5. The van der Waals surface area contributed by atoms with Gasteiger partial charge in [0.15, 0.2) is 6.61 Å². The third-order valence-corrected chi connectivity index (χ3v) is 4.43. The monoisotopic (exact) mass is 373 g/mol. The Morgan fingerprint density at radius 1 is 1.19 bits per heavy atom. The highest BCUT2D eigenvalue weighted by molar-refractivity contribution is 5.94. The van der Waals surface area contributed by atoms with Crippen molar-refractivity contribution in [1.82, 2.24) is 25.1 Å². The fourth-order valence-corrected chi connectivity index (χ4v) is 2.95. The first kappa shape index (κ1) is 18.5. The molecule has 10 heteroatoms. The molecule has 0 unspecified atom stereocenters. The molecule has 0 aliphatic carbocycles. The number of hydrogen-bond acceptors (Lipinski definition) is 8. The number of nitrogens with zero attached hydrogens (tertiary/aromatic N) is 5. The van der Waals surface area contributed by atoms with Crippen LogP contribution in [0.3, 0.4) is 0 Å². The SMILES string of the molecule is COC(=O)C1CCN(C(=O)COC(=O)c2ccccc2-n2cnnn2)CC1. The van der Waals surface area contributed by atoms with E-state index in [2.05, 4.69) is 15.5 Å². The molecule has 1 saturated heterocycles. The Labute approximate surface area is 155 Å². The lowest BCUT2D eigenvalue weighted by molar-refractivity contribution is -0.149. The summed E-state index contributed by atoms with van der Waals surface area (Å²) in [5.41, 5.74) is 0.709. The van der Waals surface area contributed by atoms with Gasteiger partial charge in [-0.1, -0.05) is 12.1 Å². The van der Waals surface area contributed by atoms with Gasteiger partial charge in [-0.2, -0.15) is 4.68 Å². The molecular weight excluding hydrogens is 354 g/mol. The maximum absolute atomic E-state index is 12.4. The van der Waals surface area contributed by atoms with Gasteiger partial charge in [-0.15, -0.1) is 5.10 Å². The molecule has 10 nitrogen and oxygen atoms in total. The number of tetrazole rings is 1. The van der Waals surface area contributed by atoms with E-state index in [-0.39, 0.29) is 30.0 Å². The topological polar surface area (TPSA) is 117 Å². The van der Waals surface area contributed by atoms with Crippen LogP contribution in [0, 0.1) is 5.92 Å². The summed E-state index contributed by atoms with van der Waals surface area (Å²) in [5, 5.41) is 10.9. The van der Waals surface area contributed by atoms with Crippen molar-refractivity contribution in [3.8, 4) is 5.69 Å². The molecule has 2 heterocycles. The maximum Gasteiger partial charge on any atom is 0.340 e. The molecule has 142 valence electrons. The molecule has 27 heavy (non-hydrogen) atoms. The summed E-state index contributed by atoms with van der Waals surface area (Å²) in [4.78, 5) is 37.8. The number of methoxy groups -OCH3 is 1. The summed E-state index contributed by atoms with van der Waals surface area (Å²) in [6, 6.07) is 6.67. The van der Waals surface area contributed by atoms with Crippen LogP contribution in [0.4, 0.5) is 0 Å². The Bertz CT molecular complexity index is 815. The van der Waals surface area contributed by atoms with Crippen molar-refractivity contribution < 1.29 is 23.9 Å². The van der Waals surface area contributed by atoms with Gasteiger partial charge in [-0.25, -0.2) is 4.79 Å². The molecule has 1 aliphatic heterocycles. The van der Waals surface area contributed by atoms with Gasteiger partial charge in [0.05, 0.1) is 24.3 Å². The van der Waals surface area contributed by atoms with Crippen LogP contribution >= 0.6 is 0 Å². The highest BCUT2D eigenvalue weighted by atomic mass is 16.5. The van der Waals surface area contributed by atoms with E-state index in [1.54, 1.807) is 29.2 Å². The number of esters is 2. The number of aromatic nitrogens is 4. The number of ether oxygens (including phenoxy) is 2. The molecule has 1 amide bonds. The van der Waals surface area contributed by atoms with Crippen molar-refractivity contribution in [2.75, 3.05) is 26.8 Å². The summed E-state index contributed by atoms with van der Waals surface area (Å²) in [7, 11) is 1.35. The summed E-state index contributed by atoms with van der Waals surface area (Å²) < 4.78 is 11.2. The van der Waals surface area contributed by atoms with Gasteiger partial charge in [-0.05, 0) is 35.4 Å². The first-order valence-corrected chi connectivity index (χ1v) is 8.45. The van der Waals surface area contributed by atoms with Gasteiger partial charge in [0.25, 0.3) is 5.91 Å². The quantitative estimate of drug-likeness (QED) is 0.684. The van der Waals surface area contributed by atoms with Crippen LogP contribution in [0.5, 0.6) is 0 Å². The van der Waals surface area contributed by atoms with Crippen LogP contribution in [0.1, 0.15) is 23.2 Å². The fraction of sp³-hybridized carbons (Fsp3) is 0.412. The van der Waals surface area contributed by atoms with Crippen LogP contribution < -0.4 is 0 Å². The third-order valence-electron chi connectivity index (χ3n) is 4.43. The van der Waals surface area contributed by atoms with E-state index in [1.807, 2.05) is 0 Å². The molecule has 0 N–H and O–H groups in total. The number of piperidine rings is 1. The predicted molar refractivity (Wildman–Crippen MR) is 90.8 cm³/mol. The van der Waals surface area contributed by atoms with E-state index in [0.29, 0.717) is 31.6 Å². The van der Waals surface area contributed by atoms with Crippen molar-refractivity contribution in [2.24, 2.45) is 5.92 Å². The standard InChI is InChI=1S/C17H19N5O5/c1-26-16(24)12-6-8-21(9-7-12)15(23)10-27-17(25)13-4-2-3-5-14(13)22-11-18-19-20-22/h2-5,11-12H,6-10H2,1H3. The van der Waals surface area contributed by atoms with Gasteiger partial charge in [0.2, 0.25) is 0 Å². The Balaban J connectivity index is 1.56. The Morgan fingerprint density at radius 3 is 2.59 bits per heavy atom.